The van der Waals surface area contributed by atoms with Gasteiger partial charge in [-0.15, -0.1) is 11.3 Å². The Morgan fingerprint density at radius 1 is 1.37 bits per heavy atom. The fourth-order valence-corrected chi connectivity index (χ4v) is 2.78. The van der Waals surface area contributed by atoms with Crippen molar-refractivity contribution in [2.45, 2.75) is 52.7 Å². The van der Waals surface area contributed by atoms with E-state index in [1.807, 2.05) is 22.2 Å². The van der Waals surface area contributed by atoms with Gasteiger partial charge in [0.2, 0.25) is 0 Å². The van der Waals surface area contributed by atoms with E-state index in [0.29, 0.717) is 6.04 Å². The lowest BCUT2D eigenvalue weighted by atomic mass is 10.1. The van der Waals surface area contributed by atoms with Crippen LogP contribution >= 0.6 is 11.3 Å². The van der Waals surface area contributed by atoms with Gasteiger partial charge in [0.15, 0.2) is 0 Å². The van der Waals surface area contributed by atoms with Crippen molar-refractivity contribution in [1.29, 1.82) is 0 Å². The van der Waals surface area contributed by atoms with Crippen molar-refractivity contribution in [2.75, 3.05) is 0 Å². The molecule has 0 fully saturated rings. The Morgan fingerprint density at radius 3 is 2.63 bits per heavy atom. The molecule has 0 aliphatic rings. The van der Waals surface area contributed by atoms with E-state index in [2.05, 4.69) is 63.4 Å². The predicted molar refractivity (Wildman–Crippen MR) is 81.5 cm³/mol. The number of aromatic nitrogens is 2. The summed E-state index contributed by atoms with van der Waals surface area (Å²) in [6, 6.07) is 4.77. The van der Waals surface area contributed by atoms with Gasteiger partial charge in [0.25, 0.3) is 0 Å². The Hall–Kier alpha value is -1.13. The van der Waals surface area contributed by atoms with Crippen LogP contribution in [0, 0.1) is 6.92 Å². The fourth-order valence-electron chi connectivity index (χ4n) is 1.88. The number of hydrogen-bond acceptors (Lipinski definition) is 3. The Labute approximate surface area is 119 Å². The first-order valence-corrected chi connectivity index (χ1v) is 7.51. The molecule has 0 radical (unpaired) electrons. The molecule has 3 nitrogen and oxygen atoms in total. The fraction of sp³-hybridized carbons (Fsp3) is 0.533. The highest BCUT2D eigenvalue weighted by molar-refractivity contribution is 7.12. The van der Waals surface area contributed by atoms with Crippen LogP contribution in [0.25, 0.3) is 0 Å². The van der Waals surface area contributed by atoms with Crippen LogP contribution in [0.5, 0.6) is 0 Å². The standard InChI is InChI=1S/C15H23N3S/c1-11-6-7-14(19-11)12(2)16-8-13-9-17-18(10-13)15(3,4)5/h6-7,9-10,12,16H,8H2,1-5H3. The van der Waals surface area contributed by atoms with E-state index < -0.39 is 0 Å². The summed E-state index contributed by atoms with van der Waals surface area (Å²) in [5, 5.41) is 7.97. The van der Waals surface area contributed by atoms with Crippen LogP contribution in [0.4, 0.5) is 0 Å². The van der Waals surface area contributed by atoms with E-state index >= 15 is 0 Å². The van der Waals surface area contributed by atoms with Gasteiger partial charge in [-0.3, -0.25) is 4.68 Å². The number of aryl methyl sites for hydroxylation is 1. The highest BCUT2D eigenvalue weighted by Gasteiger charge is 2.14. The molecule has 2 aromatic heterocycles. The molecule has 0 saturated heterocycles. The summed E-state index contributed by atoms with van der Waals surface area (Å²) < 4.78 is 2.02. The van der Waals surface area contributed by atoms with E-state index in [-0.39, 0.29) is 5.54 Å². The van der Waals surface area contributed by atoms with E-state index in [9.17, 15) is 0 Å². The molecule has 4 heteroatoms. The molecule has 2 rings (SSSR count). The molecule has 0 spiro atoms. The van der Waals surface area contributed by atoms with Gasteiger partial charge in [-0.1, -0.05) is 0 Å². The van der Waals surface area contributed by atoms with Gasteiger partial charge in [-0.05, 0) is 46.8 Å². The second-order valence-electron chi connectivity index (χ2n) is 6.01. The molecular weight excluding hydrogens is 254 g/mol. The second kappa shape index (κ2) is 5.47. The van der Waals surface area contributed by atoms with Crippen LogP contribution in [0.15, 0.2) is 24.5 Å². The van der Waals surface area contributed by atoms with Crippen LogP contribution in [0.2, 0.25) is 0 Å². The van der Waals surface area contributed by atoms with Gasteiger partial charge in [-0.25, -0.2) is 0 Å². The van der Waals surface area contributed by atoms with Crippen LogP contribution < -0.4 is 5.32 Å². The third-order valence-electron chi connectivity index (χ3n) is 3.12. The van der Waals surface area contributed by atoms with Crippen molar-refractivity contribution in [1.82, 2.24) is 15.1 Å². The van der Waals surface area contributed by atoms with E-state index in [1.165, 1.54) is 15.3 Å². The lowest BCUT2D eigenvalue weighted by Crippen LogP contribution is -2.22. The normalized spacial score (nSPS) is 13.7. The SMILES string of the molecule is Cc1ccc(C(C)NCc2cnn(C(C)(C)C)c2)s1. The van der Waals surface area contributed by atoms with Gasteiger partial charge < -0.3 is 5.32 Å². The first-order chi connectivity index (χ1) is 8.86. The number of nitrogens with zero attached hydrogens (tertiary/aromatic N) is 2. The van der Waals surface area contributed by atoms with Crippen molar-refractivity contribution in [3.05, 3.63) is 39.8 Å². The zero-order valence-electron chi connectivity index (χ0n) is 12.4. The smallest absolute Gasteiger partial charge is 0.0543 e. The monoisotopic (exact) mass is 277 g/mol. The Kier molecular flexibility index (Phi) is 4.11. The Balaban J connectivity index is 1.94. The maximum Gasteiger partial charge on any atom is 0.0543 e. The minimum atomic E-state index is 0.0503. The maximum absolute atomic E-state index is 4.42. The second-order valence-corrected chi connectivity index (χ2v) is 7.33. The summed E-state index contributed by atoms with van der Waals surface area (Å²) in [5.41, 5.74) is 1.28. The summed E-state index contributed by atoms with van der Waals surface area (Å²) in [4.78, 5) is 2.75. The zero-order chi connectivity index (χ0) is 14.0. The lowest BCUT2D eigenvalue weighted by Gasteiger charge is -2.18. The Bertz CT molecular complexity index is 534. The molecule has 2 heterocycles. The van der Waals surface area contributed by atoms with Gasteiger partial charge in [0, 0.05) is 34.1 Å². The van der Waals surface area contributed by atoms with Gasteiger partial charge in [0.1, 0.15) is 0 Å². The molecule has 1 N–H and O–H groups in total. The molecular formula is C15H23N3S. The summed E-state index contributed by atoms with van der Waals surface area (Å²) in [5.74, 6) is 0. The predicted octanol–water partition coefficient (Wildman–Crippen LogP) is 3.86. The zero-order valence-corrected chi connectivity index (χ0v) is 13.2. The maximum atomic E-state index is 4.42. The highest BCUT2D eigenvalue weighted by atomic mass is 32.1. The van der Waals surface area contributed by atoms with E-state index in [1.54, 1.807) is 0 Å². The molecule has 0 bridgehead atoms. The Morgan fingerprint density at radius 2 is 2.11 bits per heavy atom. The highest BCUT2D eigenvalue weighted by Crippen LogP contribution is 2.22. The third kappa shape index (κ3) is 3.67. The van der Waals surface area contributed by atoms with Gasteiger partial charge in [0.05, 0.1) is 11.7 Å². The third-order valence-corrected chi connectivity index (χ3v) is 4.31. The molecule has 0 aliphatic carbocycles. The lowest BCUT2D eigenvalue weighted by molar-refractivity contribution is 0.355. The first-order valence-electron chi connectivity index (χ1n) is 6.70. The quantitative estimate of drug-likeness (QED) is 0.919. The minimum absolute atomic E-state index is 0.0503. The molecule has 19 heavy (non-hydrogen) atoms. The van der Waals surface area contributed by atoms with Gasteiger partial charge >= 0.3 is 0 Å². The van der Waals surface area contributed by atoms with Crippen molar-refractivity contribution in [2.24, 2.45) is 0 Å². The van der Waals surface area contributed by atoms with E-state index in [4.69, 9.17) is 0 Å². The molecule has 104 valence electrons. The summed E-state index contributed by atoms with van der Waals surface area (Å²) >= 11 is 1.86. The molecule has 0 amide bonds. The molecule has 0 aromatic carbocycles. The number of nitrogens with one attached hydrogen (secondary N) is 1. The molecule has 1 unspecified atom stereocenters. The first kappa shape index (κ1) is 14.3. The van der Waals surface area contributed by atoms with Crippen molar-refractivity contribution in [3.63, 3.8) is 0 Å². The molecule has 0 aliphatic heterocycles. The topological polar surface area (TPSA) is 29.9 Å². The number of hydrogen-bond donors (Lipinski definition) is 1. The number of thiophene rings is 1. The molecule has 1 atom stereocenters. The minimum Gasteiger partial charge on any atom is -0.305 e. The van der Waals surface area contributed by atoms with Crippen molar-refractivity contribution < 1.29 is 0 Å². The average Bonchev–Trinajstić information content (AvgIpc) is 2.93. The van der Waals surface area contributed by atoms with Crippen molar-refractivity contribution >= 4 is 11.3 Å². The van der Waals surface area contributed by atoms with Crippen LogP contribution in [0.1, 0.15) is 49.1 Å². The van der Waals surface area contributed by atoms with Crippen molar-refractivity contribution in [3.8, 4) is 0 Å². The van der Waals surface area contributed by atoms with Crippen LogP contribution in [-0.4, -0.2) is 9.78 Å². The van der Waals surface area contributed by atoms with E-state index in [0.717, 1.165) is 6.54 Å². The summed E-state index contributed by atoms with van der Waals surface area (Å²) in [6.45, 7) is 11.7. The number of rotatable bonds is 4. The average molecular weight is 277 g/mol. The summed E-state index contributed by atoms with van der Waals surface area (Å²) in [7, 11) is 0. The summed E-state index contributed by atoms with van der Waals surface area (Å²) in [6.07, 6.45) is 4.07. The largest absolute Gasteiger partial charge is 0.305 e. The molecule has 2 aromatic rings. The van der Waals surface area contributed by atoms with Gasteiger partial charge in [-0.2, -0.15) is 5.10 Å². The van der Waals surface area contributed by atoms with Crippen LogP contribution in [-0.2, 0) is 12.1 Å². The molecule has 0 saturated carbocycles. The van der Waals surface area contributed by atoms with Crippen LogP contribution in [0.3, 0.4) is 0 Å².